The third kappa shape index (κ3) is 3.50. The Balaban J connectivity index is 1.65. The van der Waals surface area contributed by atoms with Crippen LogP contribution in [0.25, 0.3) is 10.9 Å². The maximum Gasteiger partial charge on any atom is 0.210 e. The highest BCUT2D eigenvalue weighted by Crippen LogP contribution is 2.39. The number of hydrogen-bond acceptors (Lipinski definition) is 4. The highest BCUT2D eigenvalue weighted by Gasteiger charge is 2.28. The molecule has 6 nitrogen and oxygen atoms in total. The number of fused-ring (bicyclic) bond motifs is 2. The Morgan fingerprint density at radius 3 is 2.62 bits per heavy atom. The average molecular weight is 394 g/mol. The predicted molar refractivity (Wildman–Crippen MR) is 112 cm³/mol. The lowest BCUT2D eigenvalue weighted by molar-refractivity contribution is -0.120. The molecule has 0 bridgehead atoms. The first-order valence-electron chi connectivity index (χ1n) is 9.78. The van der Waals surface area contributed by atoms with Gasteiger partial charge in [0, 0.05) is 23.6 Å². The summed E-state index contributed by atoms with van der Waals surface area (Å²) in [5.74, 6) is 2.27. The summed E-state index contributed by atoms with van der Waals surface area (Å²) in [5, 5.41) is 1.16. The Morgan fingerprint density at radius 2 is 1.90 bits per heavy atom. The Morgan fingerprint density at radius 1 is 1.10 bits per heavy atom. The molecule has 1 amide bonds. The minimum absolute atomic E-state index is 0.00612. The Hall–Kier alpha value is -3.15. The maximum absolute atomic E-state index is 11.8. The number of methoxy groups -OCH3 is 3. The molecule has 0 fully saturated rings. The van der Waals surface area contributed by atoms with Gasteiger partial charge in [-0.15, -0.1) is 0 Å². The number of aromatic amines is 1. The fourth-order valence-corrected chi connectivity index (χ4v) is 4.28. The highest BCUT2D eigenvalue weighted by molar-refractivity contribution is 5.84. The second kappa shape index (κ2) is 8.07. The molecule has 1 aromatic heterocycles. The second-order valence-corrected chi connectivity index (χ2v) is 7.28. The van der Waals surface area contributed by atoms with Crippen molar-refractivity contribution in [3.63, 3.8) is 0 Å². The molecule has 0 saturated carbocycles. The summed E-state index contributed by atoms with van der Waals surface area (Å²) in [6.07, 6.45) is 5.49. The topological polar surface area (TPSA) is 63.8 Å². The Bertz CT molecular complexity index is 1030. The number of nitrogens with zero attached hydrogens (tertiary/aromatic N) is 1. The van der Waals surface area contributed by atoms with Crippen molar-refractivity contribution in [2.45, 2.75) is 25.3 Å². The van der Waals surface area contributed by atoms with E-state index in [1.807, 2.05) is 35.4 Å². The molecular weight excluding hydrogens is 368 g/mol. The largest absolute Gasteiger partial charge is 0.497 e. The molecule has 0 unspecified atom stereocenters. The van der Waals surface area contributed by atoms with Crippen molar-refractivity contribution >= 4 is 17.3 Å². The predicted octanol–water partition coefficient (Wildman–Crippen LogP) is 3.88. The van der Waals surface area contributed by atoms with Gasteiger partial charge in [0.05, 0.1) is 27.4 Å². The lowest BCUT2D eigenvalue weighted by atomic mass is 9.88. The van der Waals surface area contributed by atoms with Crippen molar-refractivity contribution in [3.8, 4) is 17.2 Å². The number of carbonyl (C=O) groups is 1. The van der Waals surface area contributed by atoms with Crippen molar-refractivity contribution in [2.24, 2.45) is 0 Å². The van der Waals surface area contributed by atoms with Gasteiger partial charge >= 0.3 is 0 Å². The van der Waals surface area contributed by atoms with Crippen LogP contribution in [0.3, 0.4) is 0 Å². The SMILES string of the molecule is COc1ccc2[nH]cc(CC[C@H]3c4cc(OC)c(OC)cc4CCN3C=O)c2c1. The van der Waals surface area contributed by atoms with Gasteiger partial charge in [-0.05, 0) is 66.3 Å². The van der Waals surface area contributed by atoms with Crippen LogP contribution in [0.1, 0.15) is 29.2 Å². The molecule has 2 aromatic carbocycles. The minimum atomic E-state index is 0.00612. The molecule has 1 N–H and O–H groups in total. The van der Waals surface area contributed by atoms with Gasteiger partial charge in [-0.2, -0.15) is 0 Å². The number of nitrogens with one attached hydrogen (secondary N) is 1. The molecule has 0 saturated heterocycles. The van der Waals surface area contributed by atoms with E-state index in [1.165, 1.54) is 11.1 Å². The zero-order chi connectivity index (χ0) is 20.4. The van der Waals surface area contributed by atoms with Gasteiger partial charge in [0.15, 0.2) is 11.5 Å². The van der Waals surface area contributed by atoms with Crippen LogP contribution in [-0.2, 0) is 17.6 Å². The quantitative estimate of drug-likeness (QED) is 0.618. The van der Waals surface area contributed by atoms with Crippen molar-refractivity contribution < 1.29 is 19.0 Å². The molecule has 3 aromatic rings. The van der Waals surface area contributed by atoms with Crippen LogP contribution in [-0.4, -0.2) is 44.2 Å². The lowest BCUT2D eigenvalue weighted by Crippen LogP contribution is -2.34. The van der Waals surface area contributed by atoms with Gasteiger partial charge in [0.25, 0.3) is 0 Å². The van der Waals surface area contributed by atoms with Crippen LogP contribution < -0.4 is 14.2 Å². The average Bonchev–Trinajstić information content (AvgIpc) is 3.18. The third-order valence-corrected chi connectivity index (χ3v) is 5.84. The standard InChI is InChI=1S/C23H26N2O4/c1-27-17-5-6-20-18(11-17)16(13-24-20)4-7-21-19-12-23(29-3)22(28-2)10-15(19)8-9-25(21)14-26/h5-6,10-14,21,24H,4,7-9H2,1-3H3/t21-/m0/s1. The molecule has 0 aliphatic carbocycles. The second-order valence-electron chi connectivity index (χ2n) is 7.28. The molecule has 1 aliphatic heterocycles. The number of amides is 1. The minimum Gasteiger partial charge on any atom is -0.497 e. The first-order valence-corrected chi connectivity index (χ1v) is 9.78. The van der Waals surface area contributed by atoms with Crippen LogP contribution >= 0.6 is 0 Å². The molecular formula is C23H26N2O4. The molecule has 0 spiro atoms. The summed E-state index contributed by atoms with van der Waals surface area (Å²) >= 11 is 0. The van der Waals surface area contributed by atoms with E-state index in [9.17, 15) is 4.79 Å². The van der Waals surface area contributed by atoms with Crippen molar-refractivity contribution in [3.05, 3.63) is 53.2 Å². The van der Waals surface area contributed by atoms with Gasteiger partial charge in [-0.25, -0.2) is 0 Å². The summed E-state index contributed by atoms with van der Waals surface area (Å²) in [7, 11) is 4.96. The number of hydrogen-bond donors (Lipinski definition) is 1. The van der Waals surface area contributed by atoms with Crippen LogP contribution in [0.15, 0.2) is 36.5 Å². The molecule has 0 radical (unpaired) electrons. The molecule has 1 atom stereocenters. The monoisotopic (exact) mass is 394 g/mol. The number of aryl methyl sites for hydroxylation is 1. The molecule has 1 aliphatic rings. The van der Waals surface area contributed by atoms with Crippen LogP contribution in [0, 0.1) is 0 Å². The van der Waals surface area contributed by atoms with E-state index >= 15 is 0 Å². The van der Waals surface area contributed by atoms with Gasteiger partial charge in [0.2, 0.25) is 6.41 Å². The van der Waals surface area contributed by atoms with E-state index in [1.54, 1.807) is 21.3 Å². The van der Waals surface area contributed by atoms with Gasteiger partial charge in [0.1, 0.15) is 5.75 Å². The number of H-pyrrole nitrogens is 1. The number of benzene rings is 2. The fourth-order valence-electron chi connectivity index (χ4n) is 4.28. The third-order valence-electron chi connectivity index (χ3n) is 5.84. The smallest absolute Gasteiger partial charge is 0.210 e. The first-order chi connectivity index (χ1) is 14.2. The Kier molecular flexibility index (Phi) is 5.34. The zero-order valence-corrected chi connectivity index (χ0v) is 17.0. The summed E-state index contributed by atoms with van der Waals surface area (Å²) in [6.45, 7) is 0.707. The van der Waals surface area contributed by atoms with E-state index < -0.39 is 0 Å². The summed E-state index contributed by atoms with van der Waals surface area (Å²) in [4.78, 5) is 17.0. The molecule has 6 heteroatoms. The van der Waals surface area contributed by atoms with Crippen molar-refractivity contribution in [1.29, 1.82) is 0 Å². The summed E-state index contributed by atoms with van der Waals surface area (Å²) in [6, 6.07) is 10.1. The van der Waals surface area contributed by atoms with E-state index in [2.05, 4.69) is 11.1 Å². The van der Waals surface area contributed by atoms with Crippen molar-refractivity contribution in [1.82, 2.24) is 9.88 Å². The number of aromatic nitrogens is 1. The van der Waals surface area contributed by atoms with Crippen LogP contribution in [0.4, 0.5) is 0 Å². The molecule has 2 heterocycles. The molecule has 152 valence electrons. The van der Waals surface area contributed by atoms with Gasteiger partial charge in [-0.3, -0.25) is 4.79 Å². The Labute approximate surface area is 170 Å². The van der Waals surface area contributed by atoms with Crippen molar-refractivity contribution in [2.75, 3.05) is 27.9 Å². The normalized spacial score (nSPS) is 15.8. The number of carbonyl (C=O) groups excluding carboxylic acids is 1. The molecule has 29 heavy (non-hydrogen) atoms. The van der Waals surface area contributed by atoms with E-state index in [0.717, 1.165) is 53.6 Å². The van der Waals surface area contributed by atoms with E-state index in [0.29, 0.717) is 12.3 Å². The number of ether oxygens (including phenoxy) is 3. The lowest BCUT2D eigenvalue weighted by Gasteiger charge is -2.35. The summed E-state index contributed by atoms with van der Waals surface area (Å²) in [5.41, 5.74) is 4.66. The number of rotatable bonds is 7. The summed E-state index contributed by atoms with van der Waals surface area (Å²) < 4.78 is 16.3. The van der Waals surface area contributed by atoms with Gasteiger partial charge in [-0.1, -0.05) is 0 Å². The van der Waals surface area contributed by atoms with Crippen LogP contribution in [0.5, 0.6) is 17.2 Å². The molecule has 4 rings (SSSR count). The zero-order valence-electron chi connectivity index (χ0n) is 17.0. The highest BCUT2D eigenvalue weighted by atomic mass is 16.5. The first kappa shape index (κ1) is 19.2. The maximum atomic E-state index is 11.8. The van der Waals surface area contributed by atoms with E-state index in [-0.39, 0.29) is 6.04 Å². The van der Waals surface area contributed by atoms with E-state index in [4.69, 9.17) is 14.2 Å². The fraction of sp³-hybridized carbons (Fsp3) is 0.348. The van der Waals surface area contributed by atoms with Gasteiger partial charge < -0.3 is 24.1 Å². The van der Waals surface area contributed by atoms with Crippen LogP contribution in [0.2, 0.25) is 0 Å².